The van der Waals surface area contributed by atoms with Crippen LogP contribution in [0.5, 0.6) is 5.75 Å². The second-order valence-electron chi connectivity index (χ2n) is 4.63. The average molecular weight is 323 g/mol. The third-order valence-electron chi connectivity index (χ3n) is 3.42. The van der Waals surface area contributed by atoms with Crippen molar-refractivity contribution >= 4 is 17.9 Å². The number of aromatic amines is 2. The highest BCUT2D eigenvalue weighted by molar-refractivity contribution is 7.71. The van der Waals surface area contributed by atoms with Gasteiger partial charge in [-0.15, -0.1) is 0 Å². The zero-order valence-electron chi connectivity index (χ0n) is 11.9. The SMILES string of the molecule is COc1ccc(-c2c(C#N)c(=O)n3[nH]c(=S)[nH]c3c2C#N)cc1. The van der Waals surface area contributed by atoms with Crippen molar-refractivity contribution in [3.63, 3.8) is 0 Å². The van der Waals surface area contributed by atoms with Crippen molar-refractivity contribution in [2.75, 3.05) is 7.11 Å². The minimum Gasteiger partial charge on any atom is -0.497 e. The molecule has 0 bridgehead atoms. The standard InChI is InChI=1S/C15H9N5O2S/c1-22-9-4-2-8(3-5-9)12-10(6-16)13-18-15(23)19-20(13)14(21)11(12)7-17/h2-5H,1H3,(H2,18,19,23). The molecule has 0 unspecified atom stereocenters. The van der Waals surface area contributed by atoms with Crippen molar-refractivity contribution in [3.8, 4) is 29.0 Å². The zero-order valence-corrected chi connectivity index (χ0v) is 12.7. The van der Waals surface area contributed by atoms with E-state index < -0.39 is 5.56 Å². The van der Waals surface area contributed by atoms with Crippen molar-refractivity contribution in [3.05, 3.63) is 50.5 Å². The molecular weight excluding hydrogens is 314 g/mol. The van der Waals surface area contributed by atoms with E-state index in [9.17, 15) is 15.3 Å². The molecule has 0 spiro atoms. The van der Waals surface area contributed by atoms with Crippen molar-refractivity contribution in [2.24, 2.45) is 0 Å². The first kappa shape index (κ1) is 14.6. The molecule has 23 heavy (non-hydrogen) atoms. The normalized spacial score (nSPS) is 10.2. The summed E-state index contributed by atoms with van der Waals surface area (Å²) in [5.41, 5.74) is 0.534. The number of benzene rings is 1. The lowest BCUT2D eigenvalue weighted by atomic mass is 9.97. The first-order chi connectivity index (χ1) is 11.1. The Labute approximate surface area is 135 Å². The first-order valence-electron chi connectivity index (χ1n) is 6.46. The molecule has 3 aromatic rings. The summed E-state index contributed by atoms with van der Waals surface area (Å²) in [4.78, 5) is 15.2. The topological polar surface area (TPSA) is 110 Å². The van der Waals surface area contributed by atoms with Gasteiger partial charge < -0.3 is 9.72 Å². The number of methoxy groups -OCH3 is 1. The van der Waals surface area contributed by atoms with Gasteiger partial charge in [0.15, 0.2) is 10.4 Å². The Kier molecular flexibility index (Phi) is 3.45. The van der Waals surface area contributed by atoms with Crippen molar-refractivity contribution in [1.82, 2.24) is 14.6 Å². The maximum atomic E-state index is 12.5. The number of pyridine rings is 1. The molecule has 0 aliphatic carbocycles. The van der Waals surface area contributed by atoms with E-state index in [1.807, 2.05) is 12.1 Å². The van der Waals surface area contributed by atoms with E-state index in [2.05, 4.69) is 10.1 Å². The molecule has 0 fully saturated rings. The van der Waals surface area contributed by atoms with Crippen LogP contribution in [0.25, 0.3) is 16.8 Å². The van der Waals surface area contributed by atoms with E-state index in [0.29, 0.717) is 11.3 Å². The van der Waals surface area contributed by atoms with Gasteiger partial charge in [0.05, 0.1) is 7.11 Å². The van der Waals surface area contributed by atoms with Crippen LogP contribution in [0.15, 0.2) is 29.1 Å². The Balaban J connectivity index is 2.48. The number of fused-ring (bicyclic) bond motifs is 1. The summed E-state index contributed by atoms with van der Waals surface area (Å²) in [6.45, 7) is 0. The fraction of sp³-hybridized carbons (Fsp3) is 0.0667. The highest BCUT2D eigenvalue weighted by atomic mass is 32.1. The van der Waals surface area contributed by atoms with Gasteiger partial charge in [0.1, 0.15) is 29.0 Å². The maximum absolute atomic E-state index is 12.5. The van der Waals surface area contributed by atoms with Gasteiger partial charge in [-0.2, -0.15) is 15.0 Å². The van der Waals surface area contributed by atoms with Crippen molar-refractivity contribution in [1.29, 1.82) is 10.5 Å². The highest BCUT2D eigenvalue weighted by Gasteiger charge is 2.20. The zero-order chi connectivity index (χ0) is 16.6. The number of aromatic nitrogens is 3. The molecular formula is C15H9N5O2S. The van der Waals surface area contributed by atoms with Crippen molar-refractivity contribution in [2.45, 2.75) is 0 Å². The predicted molar refractivity (Wildman–Crippen MR) is 84.6 cm³/mol. The summed E-state index contributed by atoms with van der Waals surface area (Å²) >= 11 is 4.97. The molecule has 0 radical (unpaired) electrons. The van der Waals surface area contributed by atoms with Gasteiger partial charge in [-0.1, -0.05) is 12.1 Å². The Hall–Kier alpha value is -3.36. The molecule has 3 rings (SSSR count). The fourth-order valence-electron chi connectivity index (χ4n) is 2.40. The van der Waals surface area contributed by atoms with Gasteiger partial charge in [-0.25, -0.2) is 0 Å². The molecule has 0 saturated heterocycles. The average Bonchev–Trinajstić information content (AvgIpc) is 2.96. The van der Waals surface area contributed by atoms with Crippen LogP contribution in [0.1, 0.15) is 11.1 Å². The number of rotatable bonds is 2. The number of nitrogens with one attached hydrogen (secondary N) is 2. The van der Waals surface area contributed by atoms with Gasteiger partial charge in [-0.3, -0.25) is 9.89 Å². The van der Waals surface area contributed by atoms with Crippen LogP contribution in [0, 0.1) is 27.4 Å². The van der Waals surface area contributed by atoms with E-state index in [-0.39, 0.29) is 27.1 Å². The largest absolute Gasteiger partial charge is 0.497 e. The summed E-state index contributed by atoms with van der Waals surface area (Å²) in [5, 5.41) is 21.5. The molecule has 1 aromatic carbocycles. The lowest BCUT2D eigenvalue weighted by Gasteiger charge is -2.08. The van der Waals surface area contributed by atoms with Crippen molar-refractivity contribution < 1.29 is 4.74 Å². The van der Waals surface area contributed by atoms with E-state index in [0.717, 1.165) is 4.52 Å². The van der Waals surface area contributed by atoms with E-state index in [1.54, 1.807) is 24.3 Å². The second-order valence-corrected chi connectivity index (χ2v) is 5.04. The Morgan fingerprint density at radius 1 is 1.17 bits per heavy atom. The lowest BCUT2D eigenvalue weighted by Crippen LogP contribution is -2.20. The van der Waals surface area contributed by atoms with E-state index >= 15 is 0 Å². The van der Waals surface area contributed by atoms with Gasteiger partial charge in [0, 0.05) is 5.56 Å². The van der Waals surface area contributed by atoms with Gasteiger partial charge in [-0.05, 0) is 29.9 Å². The first-order valence-corrected chi connectivity index (χ1v) is 6.87. The summed E-state index contributed by atoms with van der Waals surface area (Å²) < 4.78 is 6.36. The number of nitriles is 2. The smallest absolute Gasteiger partial charge is 0.289 e. The summed E-state index contributed by atoms with van der Waals surface area (Å²) in [6.07, 6.45) is 0. The van der Waals surface area contributed by atoms with E-state index in [4.69, 9.17) is 17.0 Å². The third-order valence-corrected chi connectivity index (χ3v) is 3.62. The quantitative estimate of drug-likeness (QED) is 0.702. The Morgan fingerprint density at radius 3 is 2.39 bits per heavy atom. The molecule has 0 atom stereocenters. The number of H-pyrrole nitrogens is 2. The van der Waals surface area contributed by atoms with Crippen LogP contribution in [0.3, 0.4) is 0 Å². The lowest BCUT2D eigenvalue weighted by molar-refractivity contribution is 0.415. The summed E-state index contributed by atoms with van der Waals surface area (Å²) in [7, 11) is 1.54. The minimum absolute atomic E-state index is 0.130. The van der Waals surface area contributed by atoms with Crippen LogP contribution in [0.4, 0.5) is 0 Å². The van der Waals surface area contributed by atoms with Crippen LogP contribution in [0.2, 0.25) is 0 Å². The fourth-order valence-corrected chi connectivity index (χ4v) is 2.58. The van der Waals surface area contributed by atoms with Gasteiger partial charge in [0.2, 0.25) is 0 Å². The van der Waals surface area contributed by atoms with Gasteiger partial charge in [0.25, 0.3) is 5.56 Å². The molecule has 2 N–H and O–H groups in total. The number of hydrogen-bond acceptors (Lipinski definition) is 5. The highest BCUT2D eigenvalue weighted by Crippen LogP contribution is 2.29. The molecule has 0 aliphatic rings. The molecule has 0 saturated carbocycles. The summed E-state index contributed by atoms with van der Waals surface area (Å²) in [6, 6.07) is 10.7. The molecule has 112 valence electrons. The Morgan fingerprint density at radius 2 is 1.83 bits per heavy atom. The molecule has 7 nitrogen and oxygen atoms in total. The van der Waals surface area contributed by atoms with Crippen LogP contribution >= 0.6 is 12.2 Å². The van der Waals surface area contributed by atoms with Crippen LogP contribution in [-0.4, -0.2) is 21.7 Å². The molecule has 0 aliphatic heterocycles. The molecule has 2 aromatic heterocycles. The second kappa shape index (κ2) is 5.44. The van der Waals surface area contributed by atoms with Gasteiger partial charge >= 0.3 is 0 Å². The minimum atomic E-state index is -0.570. The Bertz CT molecular complexity index is 1110. The molecule has 8 heteroatoms. The summed E-state index contributed by atoms with van der Waals surface area (Å²) in [5.74, 6) is 0.629. The number of nitrogens with zero attached hydrogens (tertiary/aromatic N) is 3. The van der Waals surface area contributed by atoms with E-state index in [1.165, 1.54) is 7.11 Å². The predicted octanol–water partition coefficient (Wildman–Crippen LogP) is 2.10. The number of ether oxygens (including phenoxy) is 1. The monoisotopic (exact) mass is 323 g/mol. The third kappa shape index (κ3) is 2.18. The molecule has 2 heterocycles. The van der Waals surface area contributed by atoms with Crippen LogP contribution in [-0.2, 0) is 0 Å². The van der Waals surface area contributed by atoms with Crippen LogP contribution < -0.4 is 10.3 Å². The maximum Gasteiger partial charge on any atom is 0.289 e. The molecule has 0 amide bonds. The number of hydrogen-bond donors (Lipinski definition) is 2.